The smallest absolute Gasteiger partial charge is 0.271 e. The third-order valence-electron chi connectivity index (χ3n) is 3.19. The fourth-order valence-corrected chi connectivity index (χ4v) is 1.90. The predicted octanol–water partition coefficient (Wildman–Crippen LogP) is 2.22. The van der Waals surface area contributed by atoms with Crippen molar-refractivity contribution < 1.29 is 4.79 Å². The molecule has 2 N–H and O–H groups in total. The minimum atomic E-state index is -0.136. The van der Waals surface area contributed by atoms with Crippen molar-refractivity contribution in [2.45, 2.75) is 39.0 Å². The molecule has 1 aromatic heterocycles. The molecule has 19 heavy (non-hydrogen) atoms. The van der Waals surface area contributed by atoms with Crippen LogP contribution in [0.2, 0.25) is 0 Å². The number of amides is 1. The Morgan fingerprint density at radius 2 is 2.21 bits per heavy atom. The normalized spacial score (nSPS) is 14.2. The van der Waals surface area contributed by atoms with Crippen LogP contribution in [0.4, 0.5) is 5.82 Å². The molecule has 0 unspecified atom stereocenters. The summed E-state index contributed by atoms with van der Waals surface area (Å²) in [6.07, 6.45) is 9.17. The van der Waals surface area contributed by atoms with E-state index in [9.17, 15) is 4.79 Å². The van der Waals surface area contributed by atoms with Crippen LogP contribution in [0.1, 0.15) is 49.5 Å². The lowest BCUT2D eigenvalue weighted by molar-refractivity contribution is 0.0947. The average molecular weight is 262 g/mol. The molecule has 2 rings (SSSR count). The van der Waals surface area contributed by atoms with Gasteiger partial charge in [-0.2, -0.15) is 0 Å². The molecular weight excluding hydrogens is 240 g/mol. The number of carbonyl (C=O) groups excluding carboxylic acids is 1. The first kappa shape index (κ1) is 13.8. The zero-order valence-electron chi connectivity index (χ0n) is 11.5. The van der Waals surface area contributed by atoms with Crippen molar-refractivity contribution in [3.63, 3.8) is 0 Å². The Balaban J connectivity index is 1.76. The van der Waals surface area contributed by atoms with Gasteiger partial charge < -0.3 is 10.6 Å². The molecular formula is C14H22N4O. The Kier molecular flexibility index (Phi) is 5.12. The van der Waals surface area contributed by atoms with E-state index in [0.29, 0.717) is 11.5 Å². The van der Waals surface area contributed by atoms with E-state index >= 15 is 0 Å². The average Bonchev–Trinajstić information content (AvgIpc) is 3.25. The molecule has 1 amide bonds. The van der Waals surface area contributed by atoms with Crippen molar-refractivity contribution in [2.75, 3.05) is 18.4 Å². The summed E-state index contributed by atoms with van der Waals surface area (Å²) in [4.78, 5) is 20.2. The van der Waals surface area contributed by atoms with Gasteiger partial charge in [-0.3, -0.25) is 9.78 Å². The number of rotatable bonds is 8. The van der Waals surface area contributed by atoms with Gasteiger partial charge in [-0.15, -0.1) is 0 Å². The van der Waals surface area contributed by atoms with E-state index < -0.39 is 0 Å². The standard InChI is InChI=1S/C14H22N4O/c1-2-7-16-13-10-15-9-12(18-13)14(19)17-8-3-4-11-5-6-11/h9-11H,2-8H2,1H3,(H,16,18)(H,17,19). The summed E-state index contributed by atoms with van der Waals surface area (Å²) in [5.41, 5.74) is 0.382. The van der Waals surface area contributed by atoms with Crippen molar-refractivity contribution in [2.24, 2.45) is 5.92 Å². The van der Waals surface area contributed by atoms with E-state index in [2.05, 4.69) is 27.5 Å². The zero-order valence-corrected chi connectivity index (χ0v) is 11.5. The second kappa shape index (κ2) is 7.07. The van der Waals surface area contributed by atoms with Crippen LogP contribution in [0.15, 0.2) is 12.4 Å². The van der Waals surface area contributed by atoms with Gasteiger partial charge in [-0.05, 0) is 25.2 Å². The van der Waals surface area contributed by atoms with E-state index in [1.807, 2.05) is 0 Å². The van der Waals surface area contributed by atoms with Gasteiger partial charge >= 0.3 is 0 Å². The highest BCUT2D eigenvalue weighted by Crippen LogP contribution is 2.33. The van der Waals surface area contributed by atoms with Gasteiger partial charge in [-0.25, -0.2) is 4.98 Å². The molecule has 1 aliphatic rings. The highest BCUT2D eigenvalue weighted by atomic mass is 16.1. The van der Waals surface area contributed by atoms with Crippen LogP contribution < -0.4 is 10.6 Å². The number of nitrogens with one attached hydrogen (secondary N) is 2. The van der Waals surface area contributed by atoms with E-state index in [1.54, 1.807) is 6.20 Å². The molecule has 5 heteroatoms. The Morgan fingerprint density at radius 3 is 2.95 bits per heavy atom. The Morgan fingerprint density at radius 1 is 1.37 bits per heavy atom. The van der Waals surface area contributed by atoms with Crippen molar-refractivity contribution in [1.82, 2.24) is 15.3 Å². The molecule has 1 aromatic rings. The third-order valence-corrected chi connectivity index (χ3v) is 3.19. The van der Waals surface area contributed by atoms with Crippen molar-refractivity contribution >= 4 is 11.7 Å². The lowest BCUT2D eigenvalue weighted by Gasteiger charge is -2.06. The van der Waals surface area contributed by atoms with Gasteiger partial charge in [0.25, 0.3) is 5.91 Å². The Hall–Kier alpha value is -1.65. The highest BCUT2D eigenvalue weighted by Gasteiger charge is 2.20. The number of carbonyl (C=O) groups is 1. The van der Waals surface area contributed by atoms with Crippen LogP contribution in [0, 0.1) is 5.92 Å². The van der Waals surface area contributed by atoms with Gasteiger partial charge in [0, 0.05) is 13.1 Å². The van der Waals surface area contributed by atoms with E-state index in [4.69, 9.17) is 0 Å². The quantitative estimate of drug-likeness (QED) is 0.705. The number of aromatic nitrogens is 2. The molecule has 1 saturated carbocycles. The van der Waals surface area contributed by atoms with Crippen LogP contribution in [0.25, 0.3) is 0 Å². The largest absolute Gasteiger partial charge is 0.369 e. The SMILES string of the molecule is CCCNc1cncc(C(=O)NCCCC2CC2)n1. The van der Waals surface area contributed by atoms with Crippen LogP contribution in [0.5, 0.6) is 0 Å². The molecule has 5 nitrogen and oxygen atoms in total. The molecule has 0 spiro atoms. The first-order valence-electron chi connectivity index (χ1n) is 7.13. The van der Waals surface area contributed by atoms with Gasteiger partial charge in [-0.1, -0.05) is 19.8 Å². The van der Waals surface area contributed by atoms with Gasteiger partial charge in [0.2, 0.25) is 0 Å². The summed E-state index contributed by atoms with van der Waals surface area (Å²) in [7, 11) is 0. The molecule has 1 aliphatic carbocycles. The van der Waals surface area contributed by atoms with Crippen molar-refractivity contribution in [3.8, 4) is 0 Å². The van der Waals surface area contributed by atoms with Crippen LogP contribution in [-0.2, 0) is 0 Å². The summed E-state index contributed by atoms with van der Waals surface area (Å²) in [6, 6.07) is 0. The Bertz CT molecular complexity index is 418. The topological polar surface area (TPSA) is 66.9 Å². The fourth-order valence-electron chi connectivity index (χ4n) is 1.90. The van der Waals surface area contributed by atoms with Crippen LogP contribution in [0.3, 0.4) is 0 Å². The third kappa shape index (κ3) is 4.85. The maximum atomic E-state index is 11.9. The lowest BCUT2D eigenvalue weighted by Crippen LogP contribution is -2.25. The maximum absolute atomic E-state index is 11.9. The fraction of sp³-hybridized carbons (Fsp3) is 0.643. The van der Waals surface area contributed by atoms with E-state index in [-0.39, 0.29) is 5.91 Å². The number of nitrogens with zero attached hydrogens (tertiary/aromatic N) is 2. The van der Waals surface area contributed by atoms with Crippen molar-refractivity contribution in [3.05, 3.63) is 18.1 Å². The summed E-state index contributed by atoms with van der Waals surface area (Å²) in [5, 5.41) is 6.02. The molecule has 0 saturated heterocycles. The second-order valence-corrected chi connectivity index (χ2v) is 5.06. The lowest BCUT2D eigenvalue weighted by atomic mass is 10.2. The van der Waals surface area contributed by atoms with Crippen LogP contribution >= 0.6 is 0 Å². The molecule has 104 valence electrons. The van der Waals surface area contributed by atoms with Gasteiger partial charge in [0.1, 0.15) is 11.5 Å². The Labute approximate surface area is 114 Å². The number of hydrogen-bond donors (Lipinski definition) is 2. The van der Waals surface area contributed by atoms with E-state index in [1.165, 1.54) is 25.5 Å². The maximum Gasteiger partial charge on any atom is 0.271 e. The number of hydrogen-bond acceptors (Lipinski definition) is 4. The zero-order chi connectivity index (χ0) is 13.5. The van der Waals surface area contributed by atoms with Crippen molar-refractivity contribution in [1.29, 1.82) is 0 Å². The minimum Gasteiger partial charge on any atom is -0.369 e. The highest BCUT2D eigenvalue weighted by molar-refractivity contribution is 5.92. The first-order chi connectivity index (χ1) is 9.29. The van der Waals surface area contributed by atoms with Crippen LogP contribution in [-0.4, -0.2) is 29.0 Å². The molecule has 0 atom stereocenters. The first-order valence-corrected chi connectivity index (χ1v) is 7.13. The minimum absolute atomic E-state index is 0.136. The summed E-state index contributed by atoms with van der Waals surface area (Å²) < 4.78 is 0. The molecule has 0 bridgehead atoms. The van der Waals surface area contributed by atoms with Gasteiger partial charge in [0.15, 0.2) is 0 Å². The second-order valence-electron chi connectivity index (χ2n) is 5.06. The summed E-state index contributed by atoms with van der Waals surface area (Å²) in [5.74, 6) is 1.44. The predicted molar refractivity (Wildman–Crippen MR) is 75.1 cm³/mol. The van der Waals surface area contributed by atoms with Gasteiger partial charge in [0.05, 0.1) is 12.4 Å². The number of anilines is 1. The van der Waals surface area contributed by atoms with E-state index in [0.717, 1.165) is 31.8 Å². The monoisotopic (exact) mass is 262 g/mol. The molecule has 0 aliphatic heterocycles. The molecule has 0 radical (unpaired) electrons. The molecule has 1 fully saturated rings. The molecule has 1 heterocycles. The molecule has 0 aromatic carbocycles. The summed E-state index contributed by atoms with van der Waals surface area (Å²) in [6.45, 7) is 3.64. The summed E-state index contributed by atoms with van der Waals surface area (Å²) >= 11 is 0.